The molecule has 1 aliphatic rings. The molecule has 0 bridgehead atoms. The smallest absolute Gasteiger partial charge is 0.270 e. The lowest BCUT2D eigenvalue weighted by atomic mass is 10.1. The number of carbonyl (C=O) groups excluding carboxylic acids is 3. The number of rotatable bonds is 8. The first-order valence-corrected chi connectivity index (χ1v) is 13.3. The van der Waals surface area contributed by atoms with E-state index >= 15 is 0 Å². The van der Waals surface area contributed by atoms with Gasteiger partial charge in [0.25, 0.3) is 17.7 Å². The van der Waals surface area contributed by atoms with Crippen LogP contribution in [0.1, 0.15) is 23.6 Å². The van der Waals surface area contributed by atoms with Crippen LogP contribution in [0.5, 0.6) is 11.5 Å². The minimum Gasteiger partial charge on any atom is -0.493 e. The van der Waals surface area contributed by atoms with E-state index in [2.05, 4.69) is 26.6 Å². The molecule has 1 fully saturated rings. The quantitative estimate of drug-likeness (QED) is 0.208. The number of nitrogens with zero attached hydrogens (tertiary/aromatic N) is 1. The Morgan fingerprint density at radius 1 is 1.08 bits per heavy atom. The van der Waals surface area contributed by atoms with Crippen LogP contribution in [0, 0.1) is 6.92 Å². The third-order valence-electron chi connectivity index (χ3n) is 5.98. The molecule has 0 radical (unpaired) electrons. The van der Waals surface area contributed by atoms with Crippen molar-refractivity contribution in [2.45, 2.75) is 20.3 Å². The maximum atomic E-state index is 13.4. The molecule has 4 rings (SSSR count). The topological polar surface area (TPSA) is 97.0 Å². The van der Waals surface area contributed by atoms with Crippen molar-refractivity contribution in [3.05, 3.63) is 87.4 Å². The first kappa shape index (κ1) is 28.0. The Hall–Kier alpha value is -4.02. The summed E-state index contributed by atoms with van der Waals surface area (Å²) in [6.07, 6.45) is 2.31. The molecule has 1 saturated heterocycles. The molecule has 0 saturated carbocycles. The number of benzene rings is 3. The van der Waals surface area contributed by atoms with Crippen LogP contribution in [0.2, 0.25) is 0 Å². The Balaban J connectivity index is 1.55. The summed E-state index contributed by atoms with van der Waals surface area (Å²) in [6.45, 7) is 3.75. The fourth-order valence-electron chi connectivity index (χ4n) is 3.84. The number of nitrogens with one attached hydrogen (secondary N) is 2. The van der Waals surface area contributed by atoms with Gasteiger partial charge < -0.3 is 14.8 Å². The van der Waals surface area contributed by atoms with Crippen LogP contribution in [0.25, 0.3) is 6.08 Å². The first-order chi connectivity index (χ1) is 18.7. The molecule has 10 heteroatoms. The van der Waals surface area contributed by atoms with Gasteiger partial charge in [-0.2, -0.15) is 0 Å². The number of hydrogen-bond donors (Lipinski definition) is 2. The van der Waals surface area contributed by atoms with Gasteiger partial charge in [-0.25, -0.2) is 0 Å². The molecule has 39 heavy (non-hydrogen) atoms. The van der Waals surface area contributed by atoms with Crippen molar-refractivity contribution in [3.63, 3.8) is 0 Å². The lowest BCUT2D eigenvalue weighted by Gasteiger charge is -2.29. The summed E-state index contributed by atoms with van der Waals surface area (Å²) in [7, 11) is 1.46. The Morgan fingerprint density at radius 2 is 1.77 bits per heavy atom. The van der Waals surface area contributed by atoms with Crippen LogP contribution < -0.4 is 25.0 Å². The predicted octanol–water partition coefficient (Wildman–Crippen LogP) is 5.18. The van der Waals surface area contributed by atoms with E-state index in [4.69, 9.17) is 21.7 Å². The van der Waals surface area contributed by atoms with Crippen LogP contribution in [-0.2, 0) is 20.8 Å². The van der Waals surface area contributed by atoms with Crippen LogP contribution in [-0.4, -0.2) is 36.6 Å². The van der Waals surface area contributed by atoms with E-state index in [0.717, 1.165) is 17.5 Å². The molecule has 1 heterocycles. The average molecular weight is 609 g/mol. The van der Waals surface area contributed by atoms with Crippen molar-refractivity contribution in [3.8, 4) is 11.5 Å². The zero-order chi connectivity index (χ0) is 28.1. The van der Waals surface area contributed by atoms with Crippen molar-refractivity contribution < 1.29 is 23.9 Å². The number of methoxy groups -OCH3 is 1. The predicted molar refractivity (Wildman–Crippen MR) is 158 cm³/mol. The third kappa shape index (κ3) is 6.52. The summed E-state index contributed by atoms with van der Waals surface area (Å²) in [4.78, 5) is 39.8. The lowest BCUT2D eigenvalue weighted by Crippen LogP contribution is -2.54. The highest BCUT2D eigenvalue weighted by atomic mass is 79.9. The number of carbonyl (C=O) groups is 3. The van der Waals surface area contributed by atoms with Crippen molar-refractivity contribution in [2.75, 3.05) is 23.9 Å². The standard InChI is InChI=1S/C29H26BrN3O5S/c1-4-18-7-11-21(12-8-18)33-28(36)22(27(35)32-29(33)39)13-19-14-24(37-3)25(15-23(19)30)38-16-26(34)31-20-9-5-17(2)6-10-20/h5-15H,4,16H2,1-3H3,(H,31,34)(H,32,35,39)/b22-13+. The molecule has 200 valence electrons. The second kappa shape index (κ2) is 12.2. The Kier molecular flexibility index (Phi) is 8.78. The SMILES string of the molecule is CCc1ccc(N2C(=O)/C(=C/c3cc(OC)c(OCC(=O)Nc4ccc(C)cc4)cc3Br)C(=O)NC2=S)cc1. The Morgan fingerprint density at radius 3 is 2.41 bits per heavy atom. The number of amides is 3. The van der Waals surface area contributed by atoms with E-state index in [-0.39, 0.29) is 23.2 Å². The van der Waals surface area contributed by atoms with Crippen molar-refractivity contribution >= 4 is 68.4 Å². The van der Waals surface area contributed by atoms with E-state index in [1.54, 1.807) is 24.3 Å². The number of aryl methyl sites for hydroxylation is 2. The van der Waals surface area contributed by atoms with E-state index < -0.39 is 11.8 Å². The maximum Gasteiger partial charge on any atom is 0.270 e. The summed E-state index contributed by atoms with van der Waals surface area (Å²) >= 11 is 8.76. The monoisotopic (exact) mass is 607 g/mol. The zero-order valence-corrected chi connectivity index (χ0v) is 23.9. The first-order valence-electron chi connectivity index (χ1n) is 12.1. The molecule has 0 spiro atoms. The second-order valence-electron chi connectivity index (χ2n) is 8.71. The van der Waals surface area contributed by atoms with Gasteiger partial charge in [-0.1, -0.05) is 52.7 Å². The minimum atomic E-state index is -0.606. The van der Waals surface area contributed by atoms with Gasteiger partial charge in [0.2, 0.25) is 0 Å². The van der Waals surface area contributed by atoms with E-state index in [1.165, 1.54) is 18.1 Å². The number of anilines is 2. The molecular formula is C29H26BrN3O5S. The zero-order valence-electron chi connectivity index (χ0n) is 21.5. The highest BCUT2D eigenvalue weighted by Gasteiger charge is 2.34. The van der Waals surface area contributed by atoms with Crippen molar-refractivity contribution in [1.29, 1.82) is 0 Å². The molecule has 0 unspecified atom stereocenters. The fourth-order valence-corrected chi connectivity index (χ4v) is 4.56. The molecule has 0 aromatic heterocycles. The third-order valence-corrected chi connectivity index (χ3v) is 6.95. The van der Waals surface area contributed by atoms with Crippen LogP contribution >= 0.6 is 28.1 Å². The molecule has 0 aliphatic carbocycles. The van der Waals surface area contributed by atoms with Crippen LogP contribution in [0.3, 0.4) is 0 Å². The van der Waals surface area contributed by atoms with Crippen molar-refractivity contribution in [1.82, 2.24) is 5.32 Å². The molecule has 8 nitrogen and oxygen atoms in total. The number of thiocarbonyl (C=S) groups is 1. The van der Waals surface area contributed by atoms with Gasteiger partial charge in [0, 0.05) is 10.2 Å². The van der Waals surface area contributed by atoms with Gasteiger partial charge in [0.15, 0.2) is 23.2 Å². The van der Waals surface area contributed by atoms with Gasteiger partial charge in [-0.05, 0) is 79.2 Å². The second-order valence-corrected chi connectivity index (χ2v) is 9.95. The molecule has 3 amide bonds. The molecular weight excluding hydrogens is 582 g/mol. The molecule has 2 N–H and O–H groups in total. The molecule has 3 aromatic rings. The van der Waals surface area contributed by atoms with Gasteiger partial charge >= 0.3 is 0 Å². The summed E-state index contributed by atoms with van der Waals surface area (Å²) in [5.41, 5.74) is 3.81. The molecule has 3 aromatic carbocycles. The summed E-state index contributed by atoms with van der Waals surface area (Å²) in [6, 6.07) is 18.0. The highest BCUT2D eigenvalue weighted by molar-refractivity contribution is 9.10. The van der Waals surface area contributed by atoms with Gasteiger partial charge in [-0.15, -0.1) is 0 Å². The Bertz CT molecular complexity index is 1470. The van der Waals surface area contributed by atoms with E-state index in [1.807, 2.05) is 50.2 Å². The normalized spacial score (nSPS) is 14.3. The van der Waals surface area contributed by atoms with Gasteiger partial charge in [0.1, 0.15) is 5.57 Å². The number of ether oxygens (including phenoxy) is 2. The van der Waals surface area contributed by atoms with Crippen LogP contribution in [0.15, 0.2) is 70.7 Å². The largest absolute Gasteiger partial charge is 0.493 e. The fraction of sp³-hybridized carbons (Fsp3) is 0.172. The van der Waals surface area contributed by atoms with E-state index in [0.29, 0.717) is 32.9 Å². The molecule has 0 atom stereocenters. The average Bonchev–Trinajstić information content (AvgIpc) is 2.92. The lowest BCUT2D eigenvalue weighted by molar-refractivity contribution is -0.122. The number of halogens is 1. The summed E-state index contributed by atoms with van der Waals surface area (Å²) in [5, 5.41) is 5.37. The van der Waals surface area contributed by atoms with Crippen molar-refractivity contribution in [2.24, 2.45) is 0 Å². The number of hydrogen-bond acceptors (Lipinski definition) is 6. The maximum absolute atomic E-state index is 13.4. The van der Waals surface area contributed by atoms with Gasteiger partial charge in [-0.3, -0.25) is 24.6 Å². The summed E-state index contributed by atoms with van der Waals surface area (Å²) < 4.78 is 11.7. The molecule has 1 aliphatic heterocycles. The van der Waals surface area contributed by atoms with Crippen LogP contribution in [0.4, 0.5) is 11.4 Å². The highest BCUT2D eigenvalue weighted by Crippen LogP contribution is 2.35. The Labute approximate surface area is 240 Å². The minimum absolute atomic E-state index is 0.00991. The van der Waals surface area contributed by atoms with E-state index in [9.17, 15) is 14.4 Å². The summed E-state index contributed by atoms with van der Waals surface area (Å²) in [5.74, 6) is -0.865. The van der Waals surface area contributed by atoms with Gasteiger partial charge in [0.05, 0.1) is 12.8 Å².